The molecule has 0 unspecified atom stereocenters. The Bertz CT molecular complexity index is 577. The maximum absolute atomic E-state index is 2.40. The molecule has 0 fully saturated rings. The van der Waals surface area contributed by atoms with E-state index in [1.807, 2.05) is 0 Å². The number of hydrogen-bond acceptors (Lipinski definition) is 0. The van der Waals surface area contributed by atoms with E-state index in [-0.39, 0.29) is 0 Å². The quantitative estimate of drug-likeness (QED) is 0.324. The van der Waals surface area contributed by atoms with E-state index in [9.17, 15) is 0 Å². The summed E-state index contributed by atoms with van der Waals surface area (Å²) in [5.41, 5.74) is 6.63. The fourth-order valence-electron chi connectivity index (χ4n) is 2.25. The fourth-order valence-corrected chi connectivity index (χ4v) is 2.25. The summed E-state index contributed by atoms with van der Waals surface area (Å²) >= 11 is 5.24. The summed E-state index contributed by atoms with van der Waals surface area (Å²) in [6.07, 6.45) is 4.50. The molecule has 19 heavy (non-hydrogen) atoms. The molecule has 3 heteroatoms. The monoisotopic (exact) mass is 507 g/mol. The molecule has 2 aromatic carbocycles. The number of benzene rings is 2. The molecule has 1 radical (unpaired) electrons. The van der Waals surface area contributed by atoms with Crippen LogP contribution in [0.3, 0.4) is 0 Å². The van der Waals surface area contributed by atoms with Crippen molar-refractivity contribution in [3.05, 3.63) is 71.7 Å². The topological polar surface area (TPSA) is 0 Å². The molecule has 0 N–H and O–H groups in total. The number of fused-ring (bicyclic) bond motifs is 1. The molecule has 0 nitrogen and oxygen atoms in total. The summed E-state index contributed by atoms with van der Waals surface area (Å²) in [5.74, 6) is 0. The first-order chi connectivity index (χ1) is 9.26. The summed E-state index contributed by atoms with van der Waals surface area (Å²) in [7, 11) is 0. The van der Waals surface area contributed by atoms with Gasteiger partial charge in [0.1, 0.15) is 0 Å². The Kier molecular flexibility index (Phi) is 6.59. The van der Waals surface area contributed by atoms with Crippen LogP contribution in [0.25, 0.3) is 17.2 Å². The maximum atomic E-state index is 2.40. The van der Waals surface area contributed by atoms with Crippen molar-refractivity contribution in [2.45, 2.75) is 6.92 Å². The number of rotatable bonds is 1. The van der Waals surface area contributed by atoms with Crippen molar-refractivity contribution in [2.75, 3.05) is 0 Å². The molecule has 0 amide bonds. The Balaban J connectivity index is 0.000000408. The molecule has 0 saturated heterocycles. The van der Waals surface area contributed by atoms with E-state index in [0.29, 0.717) is 11.7 Å². The fraction of sp³-hybridized carbons (Fsp3) is 0.0625. The van der Waals surface area contributed by atoms with Gasteiger partial charge in [-0.3, -0.25) is 0 Å². The molecule has 95 valence electrons. The normalized spacial score (nSPS) is 12.1. The summed E-state index contributed by atoms with van der Waals surface area (Å²) in [5, 5.41) is 0. The Hall–Kier alpha value is 0.354. The van der Waals surface area contributed by atoms with Crippen molar-refractivity contribution in [1.82, 2.24) is 0 Å². The third kappa shape index (κ3) is 4.16. The van der Waals surface area contributed by atoms with Crippen LogP contribution in [-0.2, 0) is 11.7 Å². The van der Waals surface area contributed by atoms with Gasteiger partial charge in [0.05, 0.1) is 0 Å². The van der Waals surface area contributed by atoms with Gasteiger partial charge >= 0.3 is 50.0 Å². The third-order valence-corrected chi connectivity index (χ3v) is 2.98. The van der Waals surface area contributed by atoms with Crippen molar-refractivity contribution < 1.29 is 11.7 Å². The van der Waals surface area contributed by atoms with Gasteiger partial charge in [-0.2, -0.15) is 0 Å². The van der Waals surface area contributed by atoms with Gasteiger partial charge in [0.2, 0.25) is 0 Å². The van der Waals surface area contributed by atoms with E-state index >= 15 is 0 Å². The molecule has 0 spiro atoms. The van der Waals surface area contributed by atoms with E-state index in [0.717, 1.165) is 0 Å². The van der Waals surface area contributed by atoms with Crippen LogP contribution in [0, 0.1) is 6.42 Å². The van der Waals surface area contributed by atoms with Crippen molar-refractivity contribution in [1.29, 1.82) is 0 Å². The Labute approximate surface area is 144 Å². The molecule has 2 aromatic rings. The molecule has 0 aromatic heterocycles. The second kappa shape index (κ2) is 7.96. The van der Waals surface area contributed by atoms with Crippen LogP contribution in [0.5, 0.6) is 0 Å². The molecule has 0 aliphatic heterocycles. The first kappa shape index (κ1) is 15.7. The third-order valence-electron chi connectivity index (χ3n) is 2.98. The van der Waals surface area contributed by atoms with E-state index in [1.165, 1.54) is 27.8 Å². The molecule has 0 bridgehead atoms. The van der Waals surface area contributed by atoms with Gasteiger partial charge < -0.3 is 0 Å². The van der Waals surface area contributed by atoms with Gasteiger partial charge in [0.15, 0.2) is 0 Å². The van der Waals surface area contributed by atoms with Gasteiger partial charge in [-0.15, -0.1) is 0 Å². The van der Waals surface area contributed by atoms with Crippen LogP contribution in [0.15, 0.2) is 54.1 Å². The summed E-state index contributed by atoms with van der Waals surface area (Å²) < 4.78 is 0. The predicted molar refractivity (Wildman–Crippen MR) is 97.0 cm³/mol. The Morgan fingerprint density at radius 1 is 0.895 bits per heavy atom. The summed E-state index contributed by atoms with van der Waals surface area (Å²) in [6, 6.07) is 17.1. The molecule has 0 saturated carbocycles. The standard InChI is InChI=1S/C16H13.2HI.Ti/c1-12-10-14-8-5-9-15(16(14)11-12)13-6-3-2-4-7-13;;;/h2-11H,1H3;2*1H;/q;;;+2/p-2. The van der Waals surface area contributed by atoms with Crippen molar-refractivity contribution >= 4 is 44.5 Å². The molecule has 0 heterocycles. The first-order valence-corrected chi connectivity index (χ1v) is 16.0. The van der Waals surface area contributed by atoms with Crippen LogP contribution in [-0.4, -0.2) is 0 Å². The second-order valence-electron chi connectivity index (χ2n) is 4.28. The zero-order chi connectivity index (χ0) is 13.7. The van der Waals surface area contributed by atoms with E-state index < -0.39 is 0 Å². The van der Waals surface area contributed by atoms with Crippen molar-refractivity contribution in [2.24, 2.45) is 0 Å². The summed E-state index contributed by atoms with van der Waals surface area (Å²) in [6.45, 7) is 2.15. The van der Waals surface area contributed by atoms with Gasteiger partial charge in [-0.25, -0.2) is 0 Å². The van der Waals surface area contributed by atoms with Crippen LogP contribution in [0.4, 0.5) is 0 Å². The van der Waals surface area contributed by atoms with Crippen LogP contribution in [0.2, 0.25) is 0 Å². The molecule has 1 aliphatic rings. The van der Waals surface area contributed by atoms with Gasteiger partial charge in [0.25, 0.3) is 0 Å². The van der Waals surface area contributed by atoms with Crippen molar-refractivity contribution in [3.63, 3.8) is 0 Å². The van der Waals surface area contributed by atoms with Crippen LogP contribution in [0.1, 0.15) is 18.1 Å². The van der Waals surface area contributed by atoms with E-state index in [1.54, 1.807) is 0 Å². The van der Waals surface area contributed by atoms with E-state index in [4.69, 9.17) is 0 Å². The average Bonchev–Trinajstić information content (AvgIpc) is 2.80. The molecular weight excluding hydrogens is 494 g/mol. The minimum absolute atomic E-state index is 0.440. The van der Waals surface area contributed by atoms with Crippen LogP contribution >= 0.6 is 38.4 Å². The zero-order valence-electron chi connectivity index (χ0n) is 10.5. The summed E-state index contributed by atoms with van der Waals surface area (Å²) in [4.78, 5) is 0. The Morgan fingerprint density at radius 2 is 1.58 bits per heavy atom. The second-order valence-corrected chi connectivity index (χ2v) is 17.5. The van der Waals surface area contributed by atoms with Crippen LogP contribution < -0.4 is 0 Å². The van der Waals surface area contributed by atoms with Gasteiger partial charge in [0, 0.05) is 6.42 Å². The molecular formula is C16H13I2Ti. The molecule has 0 atom stereocenters. The van der Waals surface area contributed by atoms with E-state index in [2.05, 4.69) is 106 Å². The number of halogens is 2. The number of hydrogen-bond donors (Lipinski definition) is 0. The van der Waals surface area contributed by atoms with Gasteiger partial charge in [-0.1, -0.05) is 60.2 Å². The average molecular weight is 507 g/mol. The SMILES string of the molecule is CC1=Cc2c(cccc2-c2ccccc2)[CH]1.[I][Ti][I]. The van der Waals surface area contributed by atoms with Gasteiger partial charge in [-0.05, 0) is 29.2 Å². The molecule has 3 rings (SSSR count). The Morgan fingerprint density at radius 3 is 2.26 bits per heavy atom. The minimum atomic E-state index is 0.440. The predicted octanol–water partition coefficient (Wildman–Crippen LogP) is 6.09. The molecule has 1 aliphatic carbocycles. The van der Waals surface area contributed by atoms with Crippen molar-refractivity contribution in [3.8, 4) is 11.1 Å². The number of allylic oxidation sites excluding steroid dienone is 1. The first-order valence-electron chi connectivity index (χ1n) is 5.94. The zero-order valence-corrected chi connectivity index (χ0v) is 16.4.